The van der Waals surface area contributed by atoms with Gasteiger partial charge in [-0.15, -0.1) is 4.36 Å². The van der Waals surface area contributed by atoms with Gasteiger partial charge in [0.2, 0.25) is 0 Å². The van der Waals surface area contributed by atoms with Crippen LogP contribution in [-0.2, 0) is 26.0 Å². The van der Waals surface area contributed by atoms with Crippen molar-refractivity contribution in [1.82, 2.24) is 15.4 Å². The molecule has 0 aliphatic rings. The van der Waals surface area contributed by atoms with Gasteiger partial charge in [0.15, 0.2) is 9.92 Å². The quantitative estimate of drug-likeness (QED) is 0.435. The Morgan fingerprint density at radius 3 is 2.31 bits per heavy atom. The lowest BCUT2D eigenvalue weighted by Crippen LogP contribution is -2.45. The van der Waals surface area contributed by atoms with Crippen LogP contribution >= 0.6 is 11.6 Å². The molecule has 11 heteroatoms. The van der Waals surface area contributed by atoms with Crippen LogP contribution in [0.4, 0.5) is 9.59 Å². The van der Waals surface area contributed by atoms with Gasteiger partial charge in [0.1, 0.15) is 11.6 Å². The Labute approximate surface area is 217 Å². The van der Waals surface area contributed by atoms with Crippen molar-refractivity contribution in [3.63, 3.8) is 0 Å². The fourth-order valence-corrected chi connectivity index (χ4v) is 4.82. The third-order valence-corrected chi connectivity index (χ3v) is 6.58. The zero-order valence-electron chi connectivity index (χ0n) is 21.0. The number of hydrogen-bond donors (Lipinski definition) is 3. The largest absolute Gasteiger partial charge is 0.444 e. The highest BCUT2D eigenvalue weighted by molar-refractivity contribution is 7.92. The summed E-state index contributed by atoms with van der Waals surface area (Å²) in [6.45, 7) is 8.98. The normalized spacial score (nSPS) is 13.8. The molecule has 0 heterocycles. The van der Waals surface area contributed by atoms with Gasteiger partial charge in [-0.1, -0.05) is 61.8 Å². The Morgan fingerprint density at radius 1 is 1.06 bits per heavy atom. The van der Waals surface area contributed by atoms with Crippen LogP contribution in [0.5, 0.6) is 0 Å². The van der Waals surface area contributed by atoms with Crippen molar-refractivity contribution in [1.29, 1.82) is 0 Å². The van der Waals surface area contributed by atoms with E-state index >= 15 is 0 Å². The van der Waals surface area contributed by atoms with Crippen LogP contribution in [0.3, 0.4) is 0 Å². The maximum Gasteiger partial charge on any atom is 0.408 e. The first kappa shape index (κ1) is 29.1. The van der Waals surface area contributed by atoms with Gasteiger partial charge in [0, 0.05) is 11.6 Å². The summed E-state index contributed by atoms with van der Waals surface area (Å²) >= 11 is 6.07. The second-order valence-corrected chi connectivity index (χ2v) is 11.9. The van der Waals surface area contributed by atoms with E-state index in [4.69, 9.17) is 16.3 Å². The molecule has 0 saturated heterocycles. The molecular formula is C25H33ClN4O5S. The number of ether oxygens (including phenoxy) is 1. The molecular weight excluding hydrogens is 504 g/mol. The number of hydrogen-bond acceptors (Lipinski definition) is 5. The third-order valence-electron chi connectivity index (χ3n) is 4.56. The number of amides is 4. The van der Waals surface area contributed by atoms with Crippen molar-refractivity contribution in [2.24, 2.45) is 10.3 Å². The first-order valence-electron chi connectivity index (χ1n) is 11.4. The van der Waals surface area contributed by atoms with Crippen molar-refractivity contribution in [2.75, 3.05) is 0 Å². The average molecular weight is 537 g/mol. The highest BCUT2D eigenvalue weighted by Gasteiger charge is 2.28. The summed E-state index contributed by atoms with van der Waals surface area (Å²) in [5.74, 6) is -0.878. The van der Waals surface area contributed by atoms with Crippen LogP contribution < -0.4 is 15.4 Å². The Kier molecular flexibility index (Phi) is 10.3. The molecule has 2 aromatic rings. The van der Waals surface area contributed by atoms with Gasteiger partial charge < -0.3 is 15.4 Å². The summed E-state index contributed by atoms with van der Waals surface area (Å²) in [6, 6.07) is 13.1. The lowest BCUT2D eigenvalue weighted by Gasteiger charge is -2.23. The molecule has 0 aromatic heterocycles. The Morgan fingerprint density at radius 2 is 1.72 bits per heavy atom. The van der Waals surface area contributed by atoms with Gasteiger partial charge >= 0.3 is 12.1 Å². The van der Waals surface area contributed by atoms with Crippen LogP contribution in [0.15, 0.2) is 63.9 Å². The van der Waals surface area contributed by atoms with E-state index < -0.39 is 39.6 Å². The van der Waals surface area contributed by atoms with Crippen LogP contribution in [0, 0.1) is 5.92 Å². The molecule has 0 radical (unpaired) electrons. The van der Waals surface area contributed by atoms with Crippen molar-refractivity contribution >= 4 is 39.5 Å². The molecule has 0 fully saturated rings. The van der Waals surface area contributed by atoms with E-state index in [-0.39, 0.29) is 28.8 Å². The number of carbonyl (C=O) groups excluding carboxylic acids is 3. The van der Waals surface area contributed by atoms with Gasteiger partial charge in [-0.25, -0.2) is 18.5 Å². The van der Waals surface area contributed by atoms with E-state index in [2.05, 4.69) is 19.7 Å². The lowest BCUT2D eigenvalue weighted by molar-refractivity contribution is -0.120. The van der Waals surface area contributed by atoms with E-state index in [0.29, 0.717) is 0 Å². The predicted octanol–water partition coefficient (Wildman–Crippen LogP) is 5.05. The maximum absolute atomic E-state index is 13.9. The molecule has 2 rings (SSSR count). The minimum Gasteiger partial charge on any atom is -0.444 e. The smallest absolute Gasteiger partial charge is 0.408 e. The van der Waals surface area contributed by atoms with E-state index in [1.165, 1.54) is 18.2 Å². The number of benzene rings is 2. The summed E-state index contributed by atoms with van der Waals surface area (Å²) in [5.41, 5.74) is 0.0489. The van der Waals surface area contributed by atoms with Crippen molar-refractivity contribution < 1.29 is 23.3 Å². The summed E-state index contributed by atoms with van der Waals surface area (Å²) in [6.07, 6.45) is -0.591. The minimum atomic E-state index is -3.81. The first-order chi connectivity index (χ1) is 16.8. The minimum absolute atomic E-state index is 0.00608. The predicted molar refractivity (Wildman–Crippen MR) is 140 cm³/mol. The molecule has 9 nitrogen and oxygen atoms in total. The average Bonchev–Trinajstić information content (AvgIpc) is 2.76. The van der Waals surface area contributed by atoms with Crippen LogP contribution in [0.25, 0.3) is 0 Å². The molecule has 0 saturated carbocycles. The first-order valence-corrected chi connectivity index (χ1v) is 13.3. The fourth-order valence-electron chi connectivity index (χ4n) is 3.05. The molecule has 0 aliphatic heterocycles. The molecule has 2 atom stereocenters. The standard InChI is InChI=1S/C25H33ClN4O5S/c1-17(2)14-21(28-24(33)35-25(3,4)5)22(31)29-36(34,20-13-9-12-19(26)15-20)30-23(32)27-16-18-10-7-6-8-11-18/h6-13,15,17,21H,14,16H2,1-5H3,(H,28,33)(H2,27,29,30,31,32,34)/t21-,36?/m0/s1. The second kappa shape index (κ2) is 12.7. The number of nitrogens with one attached hydrogen (secondary N) is 3. The monoisotopic (exact) mass is 536 g/mol. The maximum atomic E-state index is 13.9. The highest BCUT2D eigenvalue weighted by Crippen LogP contribution is 2.19. The zero-order chi connectivity index (χ0) is 26.9. The number of alkyl carbamates (subject to hydrolysis) is 1. The van der Waals surface area contributed by atoms with Crippen molar-refractivity contribution in [2.45, 2.75) is 64.1 Å². The van der Waals surface area contributed by atoms with Gasteiger partial charge in [-0.05, 0) is 56.9 Å². The van der Waals surface area contributed by atoms with Gasteiger partial charge in [-0.3, -0.25) is 4.79 Å². The molecule has 4 amide bonds. The molecule has 196 valence electrons. The molecule has 0 bridgehead atoms. The molecule has 3 N–H and O–H groups in total. The number of urea groups is 1. The number of halogens is 1. The molecule has 36 heavy (non-hydrogen) atoms. The lowest BCUT2D eigenvalue weighted by atomic mass is 10.0. The molecule has 2 aromatic carbocycles. The second-order valence-electron chi connectivity index (χ2n) is 9.51. The number of nitrogens with zero attached hydrogens (tertiary/aromatic N) is 1. The topological polar surface area (TPSA) is 126 Å². The molecule has 0 spiro atoms. The van der Waals surface area contributed by atoms with Crippen LogP contribution in [0.1, 0.15) is 46.6 Å². The molecule has 1 unspecified atom stereocenters. The van der Waals surface area contributed by atoms with Crippen molar-refractivity contribution in [3.05, 3.63) is 65.2 Å². The zero-order valence-corrected chi connectivity index (χ0v) is 22.6. The number of carbonyl (C=O) groups is 3. The summed E-state index contributed by atoms with van der Waals surface area (Å²) in [4.78, 5) is 38.2. The fraction of sp³-hybridized carbons (Fsp3) is 0.400. The van der Waals surface area contributed by atoms with Crippen molar-refractivity contribution in [3.8, 4) is 0 Å². The van der Waals surface area contributed by atoms with Crippen LogP contribution in [0.2, 0.25) is 5.02 Å². The summed E-state index contributed by atoms with van der Waals surface area (Å²) < 4.78 is 25.4. The third kappa shape index (κ3) is 9.87. The molecule has 0 aliphatic carbocycles. The Hall–Kier alpha value is -3.11. The summed E-state index contributed by atoms with van der Waals surface area (Å²) in [5, 5.41) is 5.36. The Balaban J connectivity index is 2.36. The van der Waals surface area contributed by atoms with Crippen LogP contribution in [-0.4, -0.2) is 33.9 Å². The van der Waals surface area contributed by atoms with Gasteiger partial charge in [0.05, 0.1) is 4.90 Å². The summed E-state index contributed by atoms with van der Waals surface area (Å²) in [7, 11) is -3.81. The van der Waals surface area contributed by atoms with E-state index in [0.717, 1.165) is 5.56 Å². The van der Waals surface area contributed by atoms with E-state index in [1.807, 2.05) is 44.2 Å². The van der Waals surface area contributed by atoms with Gasteiger partial charge in [0.25, 0.3) is 5.91 Å². The number of rotatable bonds is 8. The van der Waals surface area contributed by atoms with E-state index in [9.17, 15) is 18.6 Å². The van der Waals surface area contributed by atoms with Gasteiger partial charge in [-0.2, -0.15) is 0 Å². The van der Waals surface area contributed by atoms with E-state index in [1.54, 1.807) is 26.8 Å². The Bertz CT molecular complexity index is 1190. The highest BCUT2D eigenvalue weighted by atomic mass is 35.5. The SMILES string of the molecule is CC(C)C[C@H](NC(=O)OC(C)(C)C)C(=O)N=S(=O)(NC(=O)NCc1ccccc1)c1cccc(Cl)c1.